The van der Waals surface area contributed by atoms with Crippen molar-refractivity contribution in [1.29, 1.82) is 0 Å². The SMILES string of the molecule is CC/C=C/C/C=C/C/C=C/C/C=C/CC/C=C/CC/C=C/CCCO. The number of allylic oxidation sites excluding steroid dienone is 12. The fourth-order valence-electron chi connectivity index (χ4n) is 2.16. The number of unbranched alkanes of at least 4 members (excludes halogenated alkanes) is 3. The van der Waals surface area contributed by atoms with Crippen LogP contribution in [0.4, 0.5) is 0 Å². The maximum atomic E-state index is 8.67. The van der Waals surface area contributed by atoms with Crippen LogP contribution in [0, 0.1) is 0 Å². The maximum absolute atomic E-state index is 8.67. The highest BCUT2D eigenvalue weighted by Gasteiger charge is 1.81. The molecule has 0 unspecified atom stereocenters. The van der Waals surface area contributed by atoms with Crippen LogP contribution in [-0.4, -0.2) is 11.7 Å². The molecule has 0 spiro atoms. The number of hydrogen-bond acceptors (Lipinski definition) is 1. The third-order valence-corrected chi connectivity index (χ3v) is 3.58. The first-order valence-electron chi connectivity index (χ1n) is 9.92. The Morgan fingerprint density at radius 1 is 0.480 bits per heavy atom. The lowest BCUT2D eigenvalue weighted by molar-refractivity contribution is 0.289. The van der Waals surface area contributed by atoms with Crippen molar-refractivity contribution >= 4 is 0 Å². The Balaban J connectivity index is 3.42. The second-order valence-electron chi connectivity index (χ2n) is 5.96. The number of aliphatic hydroxyl groups is 1. The van der Waals surface area contributed by atoms with Gasteiger partial charge in [0.25, 0.3) is 0 Å². The summed E-state index contributed by atoms with van der Waals surface area (Å²) in [5.41, 5.74) is 0. The first kappa shape index (κ1) is 23.4. The van der Waals surface area contributed by atoms with Crippen molar-refractivity contribution in [2.75, 3.05) is 6.61 Å². The lowest BCUT2D eigenvalue weighted by atomic mass is 10.2. The minimum atomic E-state index is 0.293. The van der Waals surface area contributed by atoms with Gasteiger partial charge < -0.3 is 5.11 Å². The van der Waals surface area contributed by atoms with E-state index in [1.54, 1.807) is 0 Å². The molecule has 0 fully saturated rings. The molecule has 1 heteroatoms. The van der Waals surface area contributed by atoms with Crippen molar-refractivity contribution in [3.05, 3.63) is 72.9 Å². The Morgan fingerprint density at radius 2 is 0.840 bits per heavy atom. The lowest BCUT2D eigenvalue weighted by Crippen LogP contribution is -1.78. The van der Waals surface area contributed by atoms with Crippen LogP contribution >= 0.6 is 0 Å². The number of hydrogen-bond donors (Lipinski definition) is 1. The molecule has 0 aromatic rings. The van der Waals surface area contributed by atoms with Gasteiger partial charge in [0.15, 0.2) is 0 Å². The average Bonchev–Trinajstić information content (AvgIpc) is 2.63. The third-order valence-electron chi connectivity index (χ3n) is 3.58. The molecule has 0 aromatic heterocycles. The summed E-state index contributed by atoms with van der Waals surface area (Å²) in [5.74, 6) is 0. The topological polar surface area (TPSA) is 20.2 Å². The van der Waals surface area contributed by atoms with E-state index in [0.29, 0.717) is 6.61 Å². The summed E-state index contributed by atoms with van der Waals surface area (Å²) in [5, 5.41) is 8.67. The molecule has 0 aliphatic heterocycles. The molecule has 0 amide bonds. The molecule has 0 saturated heterocycles. The van der Waals surface area contributed by atoms with Crippen LogP contribution in [0.25, 0.3) is 0 Å². The van der Waals surface area contributed by atoms with Crippen LogP contribution in [0.1, 0.15) is 71.1 Å². The maximum Gasteiger partial charge on any atom is 0.0433 e. The predicted molar refractivity (Wildman–Crippen MR) is 114 cm³/mol. The number of aliphatic hydroxyl groups excluding tert-OH is 1. The van der Waals surface area contributed by atoms with Crippen molar-refractivity contribution in [2.24, 2.45) is 0 Å². The quantitative estimate of drug-likeness (QED) is 0.231. The molecule has 0 rings (SSSR count). The van der Waals surface area contributed by atoms with Gasteiger partial charge in [-0.15, -0.1) is 0 Å². The van der Waals surface area contributed by atoms with Gasteiger partial charge in [-0.1, -0.05) is 79.8 Å². The highest BCUT2D eigenvalue weighted by atomic mass is 16.2. The molecule has 0 aliphatic rings. The van der Waals surface area contributed by atoms with E-state index in [1.165, 1.54) is 0 Å². The second-order valence-corrected chi connectivity index (χ2v) is 5.96. The Labute approximate surface area is 156 Å². The molecule has 0 radical (unpaired) electrons. The first-order chi connectivity index (χ1) is 12.4. The van der Waals surface area contributed by atoms with E-state index >= 15 is 0 Å². The highest BCUT2D eigenvalue weighted by Crippen LogP contribution is 2.00. The molecule has 0 aliphatic carbocycles. The van der Waals surface area contributed by atoms with E-state index in [4.69, 9.17) is 5.11 Å². The second kappa shape index (κ2) is 22.4. The highest BCUT2D eigenvalue weighted by molar-refractivity contribution is 4.99. The largest absolute Gasteiger partial charge is 0.396 e. The fraction of sp³-hybridized carbons (Fsp3) is 0.500. The molecule has 0 saturated carbocycles. The Kier molecular flexibility index (Phi) is 21.0. The van der Waals surface area contributed by atoms with Gasteiger partial charge in [-0.05, 0) is 64.2 Å². The molecule has 140 valence electrons. The summed E-state index contributed by atoms with van der Waals surface area (Å²) in [6.07, 6.45) is 37.4. The van der Waals surface area contributed by atoms with Crippen LogP contribution in [-0.2, 0) is 0 Å². The van der Waals surface area contributed by atoms with Crippen LogP contribution in [0.3, 0.4) is 0 Å². The van der Waals surface area contributed by atoms with Gasteiger partial charge in [0.2, 0.25) is 0 Å². The summed E-state index contributed by atoms with van der Waals surface area (Å²) >= 11 is 0. The van der Waals surface area contributed by atoms with E-state index in [-0.39, 0.29) is 0 Å². The Bertz CT molecular complexity index is 421. The zero-order valence-electron chi connectivity index (χ0n) is 16.2. The monoisotopic (exact) mass is 342 g/mol. The normalized spacial score (nSPS) is 13.2. The summed E-state index contributed by atoms with van der Waals surface area (Å²) < 4.78 is 0. The molecule has 0 aromatic carbocycles. The van der Waals surface area contributed by atoms with E-state index in [0.717, 1.165) is 64.2 Å². The lowest BCUT2D eigenvalue weighted by Gasteiger charge is -1.90. The molecule has 0 atom stereocenters. The Morgan fingerprint density at radius 3 is 1.28 bits per heavy atom. The van der Waals surface area contributed by atoms with Crippen molar-refractivity contribution in [3.8, 4) is 0 Å². The number of rotatable bonds is 16. The van der Waals surface area contributed by atoms with Crippen LogP contribution in [0.2, 0.25) is 0 Å². The van der Waals surface area contributed by atoms with Gasteiger partial charge in [-0.2, -0.15) is 0 Å². The molecular weight excluding hydrogens is 304 g/mol. The molecule has 1 nitrogen and oxygen atoms in total. The molecule has 0 bridgehead atoms. The van der Waals surface area contributed by atoms with Gasteiger partial charge >= 0.3 is 0 Å². The van der Waals surface area contributed by atoms with Crippen LogP contribution < -0.4 is 0 Å². The van der Waals surface area contributed by atoms with E-state index in [1.807, 2.05) is 0 Å². The summed E-state index contributed by atoms with van der Waals surface area (Å²) in [6, 6.07) is 0. The average molecular weight is 343 g/mol. The zero-order valence-corrected chi connectivity index (χ0v) is 16.2. The standard InChI is InChI=1S/C24H38O/c1-2-3-4-5-6-7-8-9-10-11-12-13-14-15-16-17-18-19-20-21-22-23-24-25/h3-4,6-7,9-10,12-13,16-17,20-21,25H,2,5,8,11,14-15,18-19,22-24H2,1H3/b4-3+,7-6+,10-9+,13-12+,17-16+,21-20+. The molecular formula is C24H38O. The van der Waals surface area contributed by atoms with Gasteiger partial charge in [-0.3, -0.25) is 0 Å². The fourth-order valence-corrected chi connectivity index (χ4v) is 2.16. The van der Waals surface area contributed by atoms with Gasteiger partial charge in [-0.25, -0.2) is 0 Å². The van der Waals surface area contributed by atoms with Gasteiger partial charge in [0.05, 0.1) is 0 Å². The Hall–Kier alpha value is -1.60. The van der Waals surface area contributed by atoms with Crippen LogP contribution in [0.15, 0.2) is 72.9 Å². The molecule has 1 N–H and O–H groups in total. The van der Waals surface area contributed by atoms with Gasteiger partial charge in [0.1, 0.15) is 0 Å². The van der Waals surface area contributed by atoms with Crippen molar-refractivity contribution in [3.63, 3.8) is 0 Å². The van der Waals surface area contributed by atoms with Crippen molar-refractivity contribution in [2.45, 2.75) is 71.1 Å². The minimum Gasteiger partial charge on any atom is -0.396 e. The predicted octanol–water partition coefficient (Wildman–Crippen LogP) is 7.24. The minimum absolute atomic E-state index is 0.293. The summed E-state index contributed by atoms with van der Waals surface area (Å²) in [4.78, 5) is 0. The van der Waals surface area contributed by atoms with Crippen molar-refractivity contribution in [1.82, 2.24) is 0 Å². The molecule has 0 heterocycles. The van der Waals surface area contributed by atoms with Crippen molar-refractivity contribution < 1.29 is 5.11 Å². The third kappa shape index (κ3) is 22.4. The first-order valence-corrected chi connectivity index (χ1v) is 9.92. The van der Waals surface area contributed by atoms with E-state index in [9.17, 15) is 0 Å². The molecule has 25 heavy (non-hydrogen) atoms. The van der Waals surface area contributed by atoms with Gasteiger partial charge in [0, 0.05) is 6.61 Å². The van der Waals surface area contributed by atoms with Crippen LogP contribution in [0.5, 0.6) is 0 Å². The van der Waals surface area contributed by atoms with E-state index < -0.39 is 0 Å². The zero-order chi connectivity index (χ0) is 18.3. The smallest absolute Gasteiger partial charge is 0.0433 e. The summed E-state index contributed by atoms with van der Waals surface area (Å²) in [7, 11) is 0. The van der Waals surface area contributed by atoms with E-state index in [2.05, 4.69) is 79.8 Å². The summed E-state index contributed by atoms with van der Waals surface area (Å²) in [6.45, 7) is 2.45.